The summed E-state index contributed by atoms with van der Waals surface area (Å²) in [5, 5.41) is 0. The highest BCUT2D eigenvalue weighted by Crippen LogP contribution is 2.41. The van der Waals surface area contributed by atoms with Crippen LogP contribution in [0.1, 0.15) is 11.1 Å². The van der Waals surface area contributed by atoms with Crippen molar-refractivity contribution in [3.8, 4) is 23.5 Å². The number of thiazole rings is 1. The van der Waals surface area contributed by atoms with Crippen LogP contribution in [-0.4, -0.2) is 4.98 Å². The first-order valence-electron chi connectivity index (χ1n) is 10.0. The molecule has 4 heteroatoms. The third-order valence-corrected chi connectivity index (χ3v) is 6.70. The molecule has 150 valence electrons. The second-order valence-corrected chi connectivity index (χ2v) is 8.64. The summed E-state index contributed by atoms with van der Waals surface area (Å²) < 4.78 is 1.14. The molecule has 0 saturated heterocycles. The maximum absolute atomic E-state index is 6.97. The molecular formula is C27H21N3S. The number of hydrogen-bond donors (Lipinski definition) is 2. The van der Waals surface area contributed by atoms with Gasteiger partial charge in [0.2, 0.25) is 0 Å². The van der Waals surface area contributed by atoms with Crippen LogP contribution in [0, 0.1) is 12.3 Å². The molecule has 0 amide bonds. The molecule has 1 heterocycles. The SMILES string of the molecule is C#CC1=CC(N)(c2ccccc2-c2cccc3scnc23)C=CC1(N)c1ccccc1. The lowest BCUT2D eigenvalue weighted by Crippen LogP contribution is -2.44. The monoisotopic (exact) mass is 419 g/mol. The van der Waals surface area contributed by atoms with E-state index in [0.29, 0.717) is 5.57 Å². The molecular weight excluding hydrogens is 398 g/mol. The number of aromatic nitrogens is 1. The normalized spacial score (nSPS) is 22.8. The summed E-state index contributed by atoms with van der Waals surface area (Å²) in [6.45, 7) is 0. The molecule has 3 aromatic carbocycles. The second-order valence-electron chi connectivity index (χ2n) is 7.75. The van der Waals surface area contributed by atoms with Gasteiger partial charge in [-0.1, -0.05) is 84.8 Å². The average molecular weight is 420 g/mol. The van der Waals surface area contributed by atoms with Crippen LogP contribution in [0.2, 0.25) is 0 Å². The largest absolute Gasteiger partial charge is 0.315 e. The molecule has 0 spiro atoms. The molecule has 1 aliphatic rings. The molecule has 4 aromatic rings. The zero-order chi connectivity index (χ0) is 21.5. The molecule has 2 atom stereocenters. The number of para-hydroxylation sites is 1. The first-order valence-corrected chi connectivity index (χ1v) is 10.9. The van der Waals surface area contributed by atoms with Gasteiger partial charge in [-0.2, -0.15) is 0 Å². The van der Waals surface area contributed by atoms with E-state index in [-0.39, 0.29) is 0 Å². The Hall–Kier alpha value is -3.49. The van der Waals surface area contributed by atoms with Crippen LogP contribution in [0.4, 0.5) is 0 Å². The third kappa shape index (κ3) is 3.11. The van der Waals surface area contributed by atoms with Crippen molar-refractivity contribution in [2.75, 3.05) is 0 Å². The Labute approximate surface area is 185 Å². The maximum Gasteiger partial charge on any atom is 0.0930 e. The highest BCUT2D eigenvalue weighted by Gasteiger charge is 2.37. The highest BCUT2D eigenvalue weighted by molar-refractivity contribution is 7.16. The van der Waals surface area contributed by atoms with Crippen LogP contribution < -0.4 is 11.5 Å². The lowest BCUT2D eigenvalue weighted by Gasteiger charge is -2.37. The van der Waals surface area contributed by atoms with Gasteiger partial charge in [0, 0.05) is 11.1 Å². The number of nitrogens with two attached hydrogens (primary N) is 2. The van der Waals surface area contributed by atoms with Gasteiger partial charge in [-0.25, -0.2) is 4.98 Å². The quantitative estimate of drug-likeness (QED) is 0.359. The Kier molecular flexibility index (Phi) is 4.60. The van der Waals surface area contributed by atoms with Crippen molar-refractivity contribution >= 4 is 21.6 Å². The smallest absolute Gasteiger partial charge is 0.0930 e. The van der Waals surface area contributed by atoms with Gasteiger partial charge >= 0.3 is 0 Å². The van der Waals surface area contributed by atoms with E-state index < -0.39 is 11.1 Å². The predicted octanol–water partition coefficient (Wildman–Crippen LogP) is 5.10. The number of nitrogens with zero attached hydrogens (tertiary/aromatic N) is 1. The predicted molar refractivity (Wildman–Crippen MR) is 129 cm³/mol. The maximum atomic E-state index is 6.97. The van der Waals surface area contributed by atoms with Gasteiger partial charge in [0.25, 0.3) is 0 Å². The molecule has 0 fully saturated rings. The molecule has 0 radical (unpaired) electrons. The molecule has 5 rings (SSSR count). The number of benzene rings is 3. The van der Waals surface area contributed by atoms with Crippen molar-refractivity contribution in [2.45, 2.75) is 11.1 Å². The molecule has 3 nitrogen and oxygen atoms in total. The number of fused-ring (bicyclic) bond motifs is 1. The fraction of sp³-hybridized carbons (Fsp3) is 0.0741. The topological polar surface area (TPSA) is 64.9 Å². The van der Waals surface area contributed by atoms with Gasteiger partial charge in [0.1, 0.15) is 0 Å². The standard InChI is InChI=1S/C27H21N3S/c1-2-19-17-26(28,15-16-27(19,29)20-9-4-3-5-10-20)23-13-7-6-11-21(23)22-12-8-14-24-25(22)30-18-31-24/h1,3-18H,28-29H2. The van der Waals surface area contributed by atoms with Crippen LogP contribution >= 0.6 is 11.3 Å². The number of terminal acetylenes is 1. The Bertz CT molecular complexity index is 1380. The zero-order valence-electron chi connectivity index (χ0n) is 16.8. The van der Waals surface area contributed by atoms with Crippen LogP contribution in [-0.2, 0) is 11.1 Å². The average Bonchev–Trinajstić information content (AvgIpc) is 3.30. The van der Waals surface area contributed by atoms with Crippen molar-refractivity contribution in [3.63, 3.8) is 0 Å². The molecule has 0 bridgehead atoms. The lowest BCUT2D eigenvalue weighted by molar-refractivity contribution is 0.606. The lowest BCUT2D eigenvalue weighted by atomic mass is 9.72. The van der Waals surface area contributed by atoms with E-state index in [4.69, 9.17) is 17.9 Å². The molecule has 0 saturated carbocycles. The molecule has 0 aliphatic heterocycles. The second kappa shape index (κ2) is 7.33. The first-order chi connectivity index (χ1) is 15.0. The zero-order valence-corrected chi connectivity index (χ0v) is 17.6. The van der Waals surface area contributed by atoms with Crippen molar-refractivity contribution in [1.82, 2.24) is 4.98 Å². The van der Waals surface area contributed by atoms with E-state index in [1.165, 1.54) is 0 Å². The minimum atomic E-state index is -0.895. The summed E-state index contributed by atoms with van der Waals surface area (Å²) in [6, 6.07) is 24.2. The van der Waals surface area contributed by atoms with Crippen molar-refractivity contribution in [1.29, 1.82) is 0 Å². The van der Waals surface area contributed by atoms with Gasteiger partial charge in [0.05, 0.1) is 26.8 Å². The van der Waals surface area contributed by atoms with Gasteiger partial charge in [-0.05, 0) is 28.8 Å². The summed E-state index contributed by atoms with van der Waals surface area (Å²) in [5.41, 5.74) is 19.4. The Morgan fingerprint density at radius 3 is 2.39 bits per heavy atom. The fourth-order valence-electron chi connectivity index (χ4n) is 4.26. The first kappa shape index (κ1) is 19.5. The number of hydrogen-bond acceptors (Lipinski definition) is 4. The molecule has 31 heavy (non-hydrogen) atoms. The van der Waals surface area contributed by atoms with Crippen LogP contribution in [0.25, 0.3) is 21.3 Å². The van der Waals surface area contributed by atoms with Gasteiger partial charge < -0.3 is 11.5 Å². The summed E-state index contributed by atoms with van der Waals surface area (Å²) >= 11 is 1.63. The summed E-state index contributed by atoms with van der Waals surface area (Å²) in [4.78, 5) is 4.59. The Balaban J connectivity index is 1.68. The molecule has 1 aromatic heterocycles. The molecule has 4 N–H and O–H groups in total. The van der Waals surface area contributed by atoms with E-state index in [2.05, 4.69) is 35.2 Å². The summed E-state index contributed by atoms with van der Waals surface area (Å²) in [7, 11) is 0. The van der Waals surface area contributed by atoms with Crippen LogP contribution in [0.5, 0.6) is 0 Å². The van der Waals surface area contributed by atoms with Crippen LogP contribution in [0.3, 0.4) is 0 Å². The Morgan fingerprint density at radius 1 is 0.839 bits per heavy atom. The minimum absolute atomic E-state index is 0.644. The van der Waals surface area contributed by atoms with E-state index in [1.807, 2.05) is 72.3 Å². The van der Waals surface area contributed by atoms with E-state index in [0.717, 1.165) is 32.5 Å². The number of rotatable bonds is 3. The third-order valence-electron chi connectivity index (χ3n) is 5.90. The minimum Gasteiger partial charge on any atom is -0.315 e. The molecule has 1 aliphatic carbocycles. The van der Waals surface area contributed by atoms with Crippen LogP contribution in [0.15, 0.2) is 102 Å². The van der Waals surface area contributed by atoms with Gasteiger partial charge in [0.15, 0.2) is 0 Å². The van der Waals surface area contributed by atoms with E-state index >= 15 is 0 Å². The van der Waals surface area contributed by atoms with E-state index in [1.54, 1.807) is 11.3 Å². The summed E-state index contributed by atoms with van der Waals surface area (Å²) in [5.74, 6) is 2.80. The van der Waals surface area contributed by atoms with Gasteiger partial charge in [-0.3, -0.25) is 0 Å². The van der Waals surface area contributed by atoms with Gasteiger partial charge in [-0.15, -0.1) is 17.8 Å². The highest BCUT2D eigenvalue weighted by atomic mass is 32.1. The fourth-order valence-corrected chi connectivity index (χ4v) is 4.96. The molecule has 2 unspecified atom stereocenters. The Morgan fingerprint density at radius 2 is 1.58 bits per heavy atom. The van der Waals surface area contributed by atoms with Crippen molar-refractivity contribution < 1.29 is 0 Å². The van der Waals surface area contributed by atoms with Crippen molar-refractivity contribution in [2.24, 2.45) is 11.5 Å². The summed E-state index contributed by atoms with van der Waals surface area (Å²) in [6.07, 6.45) is 11.7. The van der Waals surface area contributed by atoms with E-state index in [9.17, 15) is 0 Å². The van der Waals surface area contributed by atoms with Crippen molar-refractivity contribution in [3.05, 3.63) is 113 Å².